The number of hydrogen-bond donors (Lipinski definition) is 1. The molecule has 1 unspecified atom stereocenters. The zero-order valence-corrected chi connectivity index (χ0v) is 14.7. The third kappa shape index (κ3) is 3.33. The molecule has 0 radical (unpaired) electrons. The lowest BCUT2D eigenvalue weighted by atomic mass is 9.99. The van der Waals surface area contributed by atoms with E-state index in [0.717, 1.165) is 29.9 Å². The van der Waals surface area contributed by atoms with Crippen LogP contribution in [-0.2, 0) is 11.2 Å². The van der Waals surface area contributed by atoms with Crippen LogP contribution in [0.3, 0.4) is 0 Å². The summed E-state index contributed by atoms with van der Waals surface area (Å²) in [6.45, 7) is 2.76. The molecular weight excluding hydrogens is 322 g/mol. The van der Waals surface area contributed by atoms with Gasteiger partial charge in [0.1, 0.15) is 5.75 Å². The summed E-state index contributed by atoms with van der Waals surface area (Å²) in [6.07, 6.45) is 4.38. The molecule has 26 heavy (non-hydrogen) atoms. The van der Waals surface area contributed by atoms with E-state index in [1.54, 1.807) is 6.08 Å². The fourth-order valence-electron chi connectivity index (χ4n) is 3.45. The van der Waals surface area contributed by atoms with Gasteiger partial charge in [-0.1, -0.05) is 48.5 Å². The van der Waals surface area contributed by atoms with Gasteiger partial charge < -0.3 is 10.1 Å². The van der Waals surface area contributed by atoms with Gasteiger partial charge in [-0.05, 0) is 52.6 Å². The molecule has 3 nitrogen and oxygen atoms in total. The van der Waals surface area contributed by atoms with E-state index in [9.17, 15) is 4.79 Å². The van der Waals surface area contributed by atoms with Crippen molar-refractivity contribution in [2.75, 3.05) is 6.61 Å². The van der Waals surface area contributed by atoms with Crippen LogP contribution in [0.2, 0.25) is 0 Å². The van der Waals surface area contributed by atoms with Gasteiger partial charge in [-0.15, -0.1) is 0 Å². The number of fused-ring (bicyclic) bond motifs is 2. The normalized spacial score (nSPS) is 14.2. The summed E-state index contributed by atoms with van der Waals surface area (Å²) < 4.78 is 5.51. The number of carbonyl (C=O) groups is 1. The van der Waals surface area contributed by atoms with E-state index in [4.69, 9.17) is 4.74 Å². The van der Waals surface area contributed by atoms with Gasteiger partial charge in [0.2, 0.25) is 5.91 Å². The number of ether oxygens (including phenoxy) is 1. The lowest BCUT2D eigenvalue weighted by Gasteiger charge is -2.15. The maximum absolute atomic E-state index is 12.3. The third-order valence-electron chi connectivity index (χ3n) is 4.79. The van der Waals surface area contributed by atoms with Crippen LogP contribution in [0, 0.1) is 0 Å². The first kappa shape index (κ1) is 16.4. The maximum atomic E-state index is 12.3. The van der Waals surface area contributed by atoms with Gasteiger partial charge in [-0.2, -0.15) is 0 Å². The van der Waals surface area contributed by atoms with Crippen molar-refractivity contribution in [1.29, 1.82) is 0 Å². The number of nitrogens with one attached hydrogen (secondary N) is 1. The molecule has 1 N–H and O–H groups in total. The molecule has 0 aromatic heterocycles. The molecule has 0 spiro atoms. The van der Waals surface area contributed by atoms with Gasteiger partial charge in [0, 0.05) is 12.5 Å². The van der Waals surface area contributed by atoms with Gasteiger partial charge in [-0.25, -0.2) is 0 Å². The van der Waals surface area contributed by atoms with Gasteiger partial charge in [-0.3, -0.25) is 4.79 Å². The molecule has 3 aromatic carbocycles. The Bertz CT molecular complexity index is 985. The lowest BCUT2D eigenvalue weighted by Crippen LogP contribution is -2.24. The SMILES string of the molecule is CC(NC(=O)/C=C/c1ccc2c(c1)CCO2)c1cccc2ccccc12. The molecule has 1 heterocycles. The molecule has 1 aliphatic rings. The Morgan fingerprint density at radius 3 is 2.88 bits per heavy atom. The Balaban J connectivity index is 1.47. The van der Waals surface area contributed by atoms with Crippen LogP contribution in [0.1, 0.15) is 29.7 Å². The molecule has 0 bridgehead atoms. The van der Waals surface area contributed by atoms with Crippen molar-refractivity contribution in [3.63, 3.8) is 0 Å². The molecule has 0 saturated carbocycles. The highest BCUT2D eigenvalue weighted by Gasteiger charge is 2.12. The van der Waals surface area contributed by atoms with E-state index in [1.807, 2.05) is 43.3 Å². The molecular formula is C23H21NO2. The largest absolute Gasteiger partial charge is 0.493 e. The highest BCUT2D eigenvalue weighted by molar-refractivity contribution is 5.93. The third-order valence-corrected chi connectivity index (χ3v) is 4.79. The van der Waals surface area contributed by atoms with Gasteiger partial charge in [0.05, 0.1) is 12.6 Å². The van der Waals surface area contributed by atoms with Crippen molar-refractivity contribution in [3.8, 4) is 5.75 Å². The van der Waals surface area contributed by atoms with Crippen molar-refractivity contribution < 1.29 is 9.53 Å². The number of benzene rings is 3. The Morgan fingerprint density at radius 1 is 1.12 bits per heavy atom. The maximum Gasteiger partial charge on any atom is 0.244 e. The summed E-state index contributed by atoms with van der Waals surface area (Å²) in [7, 11) is 0. The van der Waals surface area contributed by atoms with E-state index < -0.39 is 0 Å². The highest BCUT2D eigenvalue weighted by atomic mass is 16.5. The predicted octanol–water partition coefficient (Wildman–Crippen LogP) is 4.67. The molecule has 0 fully saturated rings. The molecule has 0 aliphatic carbocycles. The van der Waals surface area contributed by atoms with Gasteiger partial charge in [0.25, 0.3) is 0 Å². The quantitative estimate of drug-likeness (QED) is 0.699. The molecule has 1 amide bonds. The Hall–Kier alpha value is -3.07. The standard InChI is InChI=1S/C23H21NO2/c1-16(20-8-4-6-18-5-2-3-7-21(18)20)24-23(25)12-10-17-9-11-22-19(15-17)13-14-26-22/h2-12,15-16H,13-14H2,1H3,(H,24,25)/b12-10+. The predicted molar refractivity (Wildman–Crippen MR) is 105 cm³/mol. The number of hydrogen-bond acceptors (Lipinski definition) is 2. The first-order chi connectivity index (χ1) is 12.7. The topological polar surface area (TPSA) is 38.3 Å². The number of amides is 1. The number of rotatable bonds is 4. The van der Waals surface area contributed by atoms with Crippen molar-refractivity contribution >= 4 is 22.8 Å². The van der Waals surface area contributed by atoms with E-state index in [2.05, 4.69) is 35.6 Å². The minimum atomic E-state index is -0.0952. The first-order valence-corrected chi connectivity index (χ1v) is 8.93. The van der Waals surface area contributed by atoms with Crippen LogP contribution >= 0.6 is 0 Å². The zero-order valence-electron chi connectivity index (χ0n) is 14.7. The first-order valence-electron chi connectivity index (χ1n) is 8.93. The average Bonchev–Trinajstić information content (AvgIpc) is 3.13. The fourth-order valence-corrected chi connectivity index (χ4v) is 3.45. The van der Waals surface area contributed by atoms with Gasteiger partial charge in [0.15, 0.2) is 0 Å². The van der Waals surface area contributed by atoms with Crippen LogP contribution in [0.4, 0.5) is 0 Å². The van der Waals surface area contributed by atoms with Crippen LogP contribution in [0.25, 0.3) is 16.8 Å². The zero-order chi connectivity index (χ0) is 17.9. The summed E-state index contributed by atoms with van der Waals surface area (Å²) in [5, 5.41) is 5.41. The van der Waals surface area contributed by atoms with Crippen molar-refractivity contribution in [1.82, 2.24) is 5.32 Å². The van der Waals surface area contributed by atoms with Crippen molar-refractivity contribution in [2.24, 2.45) is 0 Å². The summed E-state index contributed by atoms with van der Waals surface area (Å²) in [4.78, 5) is 12.3. The number of carbonyl (C=O) groups excluding carboxylic acids is 1. The monoisotopic (exact) mass is 343 g/mol. The minimum absolute atomic E-state index is 0.0633. The second kappa shape index (κ2) is 7.04. The van der Waals surface area contributed by atoms with E-state index >= 15 is 0 Å². The molecule has 3 aromatic rings. The Labute approximate surface area is 153 Å². The molecule has 4 rings (SSSR count). The van der Waals surface area contributed by atoms with Gasteiger partial charge >= 0.3 is 0 Å². The van der Waals surface area contributed by atoms with Crippen LogP contribution in [0.15, 0.2) is 66.7 Å². The average molecular weight is 343 g/mol. The smallest absolute Gasteiger partial charge is 0.244 e. The van der Waals surface area contributed by atoms with E-state index in [-0.39, 0.29) is 11.9 Å². The molecule has 0 saturated heterocycles. The summed E-state index contributed by atoms with van der Waals surface area (Å²) in [5.74, 6) is 0.860. The minimum Gasteiger partial charge on any atom is -0.493 e. The second-order valence-electron chi connectivity index (χ2n) is 6.60. The molecule has 130 valence electrons. The molecule has 3 heteroatoms. The molecule has 1 atom stereocenters. The van der Waals surface area contributed by atoms with Crippen molar-refractivity contribution in [2.45, 2.75) is 19.4 Å². The summed E-state index contributed by atoms with van der Waals surface area (Å²) in [5.41, 5.74) is 3.35. The van der Waals surface area contributed by atoms with Crippen LogP contribution in [0.5, 0.6) is 5.75 Å². The Kier molecular flexibility index (Phi) is 4.44. The fraction of sp³-hybridized carbons (Fsp3) is 0.174. The van der Waals surface area contributed by atoms with E-state index in [1.165, 1.54) is 16.3 Å². The second-order valence-corrected chi connectivity index (χ2v) is 6.60. The lowest BCUT2D eigenvalue weighted by molar-refractivity contribution is -0.117. The summed E-state index contributed by atoms with van der Waals surface area (Å²) in [6, 6.07) is 20.4. The van der Waals surface area contributed by atoms with Crippen LogP contribution < -0.4 is 10.1 Å². The highest BCUT2D eigenvalue weighted by Crippen LogP contribution is 2.26. The molecule has 1 aliphatic heterocycles. The van der Waals surface area contributed by atoms with E-state index in [0.29, 0.717) is 0 Å². The van der Waals surface area contributed by atoms with Crippen LogP contribution in [-0.4, -0.2) is 12.5 Å². The Morgan fingerprint density at radius 2 is 1.96 bits per heavy atom. The summed E-state index contributed by atoms with van der Waals surface area (Å²) >= 11 is 0. The van der Waals surface area contributed by atoms with Crippen molar-refractivity contribution in [3.05, 3.63) is 83.4 Å².